The number of hydrogen-bond donors (Lipinski definition) is 1. The monoisotopic (exact) mass is 243 g/mol. The number of nitrogens with zero attached hydrogens (tertiary/aromatic N) is 1. The van der Waals surface area contributed by atoms with Gasteiger partial charge in [0.1, 0.15) is 0 Å². The lowest BCUT2D eigenvalue weighted by Crippen LogP contribution is -2.43. The van der Waals surface area contributed by atoms with Gasteiger partial charge in [0.15, 0.2) is 6.04 Å². The zero-order valence-electron chi connectivity index (χ0n) is 10.0. The first-order chi connectivity index (χ1) is 8.65. The van der Waals surface area contributed by atoms with E-state index < -0.39 is 17.9 Å². The van der Waals surface area contributed by atoms with Crippen LogP contribution in [0.15, 0.2) is 24.3 Å². The zero-order valence-corrected chi connectivity index (χ0v) is 10.0. The quantitative estimate of drug-likeness (QED) is 0.754. The number of carbonyl (C=O) groups is 2. The summed E-state index contributed by atoms with van der Waals surface area (Å²) in [5.41, 5.74) is 1.67. The van der Waals surface area contributed by atoms with Crippen LogP contribution in [0.1, 0.15) is 24.1 Å². The van der Waals surface area contributed by atoms with E-state index in [-0.39, 0.29) is 0 Å². The van der Waals surface area contributed by atoms with E-state index in [0.717, 1.165) is 5.56 Å². The summed E-state index contributed by atoms with van der Waals surface area (Å²) in [6.45, 7) is 1.95. The van der Waals surface area contributed by atoms with Gasteiger partial charge in [-0.25, -0.2) is 4.79 Å². The first-order valence-electron chi connectivity index (χ1n) is 5.69. The summed E-state index contributed by atoms with van der Waals surface area (Å²) in [6, 6.07) is 6.39. The van der Waals surface area contributed by atoms with Gasteiger partial charge in [-0.3, -0.25) is 4.79 Å². The zero-order chi connectivity index (χ0) is 13.1. The SMILES string of the molecule is CC#CC(=O)N1CCc2ccccc2C1C(=O)O. The molecule has 1 aromatic carbocycles. The Hall–Kier alpha value is -2.28. The number of benzene rings is 1. The largest absolute Gasteiger partial charge is 0.479 e. The number of fused-ring (bicyclic) bond motifs is 1. The number of aliphatic carboxylic acids is 1. The first-order valence-corrected chi connectivity index (χ1v) is 5.69. The Morgan fingerprint density at radius 1 is 1.39 bits per heavy atom. The normalized spacial score (nSPS) is 17.4. The van der Waals surface area contributed by atoms with E-state index in [9.17, 15) is 14.7 Å². The second kappa shape index (κ2) is 4.92. The molecule has 0 spiro atoms. The Morgan fingerprint density at radius 3 is 2.78 bits per heavy atom. The molecule has 0 radical (unpaired) electrons. The highest BCUT2D eigenvalue weighted by molar-refractivity contribution is 5.96. The van der Waals surface area contributed by atoms with Gasteiger partial charge < -0.3 is 10.0 Å². The van der Waals surface area contributed by atoms with Crippen LogP contribution in [0, 0.1) is 11.8 Å². The summed E-state index contributed by atoms with van der Waals surface area (Å²) in [4.78, 5) is 24.5. The van der Waals surface area contributed by atoms with Gasteiger partial charge in [0.2, 0.25) is 0 Å². The van der Waals surface area contributed by atoms with Crippen LogP contribution in [0.4, 0.5) is 0 Å². The van der Waals surface area contributed by atoms with Crippen LogP contribution >= 0.6 is 0 Å². The molecule has 1 heterocycles. The van der Waals surface area contributed by atoms with E-state index in [4.69, 9.17) is 0 Å². The fourth-order valence-electron chi connectivity index (χ4n) is 2.23. The van der Waals surface area contributed by atoms with Crippen molar-refractivity contribution in [2.24, 2.45) is 0 Å². The molecule has 0 aliphatic carbocycles. The standard InChI is InChI=1S/C14H13NO3/c1-2-5-12(16)15-9-8-10-6-3-4-7-11(10)13(15)14(17)18/h3-4,6-7,13H,8-9H2,1H3,(H,17,18). The minimum atomic E-state index is -1.02. The lowest BCUT2D eigenvalue weighted by molar-refractivity contribution is -0.149. The summed E-state index contributed by atoms with van der Waals surface area (Å²) in [6.07, 6.45) is 0.664. The van der Waals surface area contributed by atoms with Crippen molar-refractivity contribution in [1.29, 1.82) is 0 Å². The molecule has 4 heteroatoms. The van der Waals surface area contributed by atoms with E-state index in [2.05, 4.69) is 11.8 Å². The lowest BCUT2D eigenvalue weighted by atomic mass is 9.92. The van der Waals surface area contributed by atoms with Gasteiger partial charge >= 0.3 is 5.97 Å². The molecule has 92 valence electrons. The molecule has 1 N–H and O–H groups in total. The van der Waals surface area contributed by atoms with Gasteiger partial charge in [0.05, 0.1) is 0 Å². The Labute approximate surface area is 105 Å². The maximum Gasteiger partial charge on any atom is 0.331 e. The van der Waals surface area contributed by atoms with Crippen molar-refractivity contribution >= 4 is 11.9 Å². The van der Waals surface area contributed by atoms with E-state index in [0.29, 0.717) is 18.5 Å². The maximum atomic E-state index is 11.8. The number of carboxylic acid groups (broad SMARTS) is 1. The highest BCUT2D eigenvalue weighted by atomic mass is 16.4. The molecule has 1 aromatic rings. The van der Waals surface area contributed by atoms with Gasteiger partial charge in [-0.15, -0.1) is 0 Å². The van der Waals surface area contributed by atoms with Crippen LogP contribution in [-0.2, 0) is 16.0 Å². The molecule has 0 bridgehead atoms. The number of amides is 1. The van der Waals surface area contributed by atoms with Crippen molar-refractivity contribution in [3.05, 3.63) is 35.4 Å². The summed E-state index contributed by atoms with van der Waals surface area (Å²) < 4.78 is 0. The van der Waals surface area contributed by atoms with E-state index in [1.165, 1.54) is 4.90 Å². The van der Waals surface area contributed by atoms with Crippen molar-refractivity contribution in [1.82, 2.24) is 4.90 Å². The topological polar surface area (TPSA) is 57.6 Å². The average molecular weight is 243 g/mol. The van der Waals surface area contributed by atoms with Crippen LogP contribution in [0.3, 0.4) is 0 Å². The molecule has 0 saturated heterocycles. The van der Waals surface area contributed by atoms with Gasteiger partial charge in [-0.1, -0.05) is 30.2 Å². The number of rotatable bonds is 1. The molecule has 4 nitrogen and oxygen atoms in total. The third-order valence-corrected chi connectivity index (χ3v) is 3.01. The van der Waals surface area contributed by atoms with Gasteiger partial charge in [0, 0.05) is 6.54 Å². The van der Waals surface area contributed by atoms with Crippen molar-refractivity contribution in [2.75, 3.05) is 6.54 Å². The smallest absolute Gasteiger partial charge is 0.331 e. The predicted octanol–water partition coefficient (Wildman–Crippen LogP) is 1.22. The van der Waals surface area contributed by atoms with Gasteiger partial charge in [0.25, 0.3) is 5.91 Å². The Kier molecular flexibility index (Phi) is 3.33. The summed E-state index contributed by atoms with van der Waals surface area (Å²) >= 11 is 0. The molecule has 1 aliphatic rings. The third kappa shape index (κ3) is 2.07. The van der Waals surface area contributed by atoms with Crippen molar-refractivity contribution in [3.63, 3.8) is 0 Å². The van der Waals surface area contributed by atoms with Crippen molar-refractivity contribution in [2.45, 2.75) is 19.4 Å². The van der Waals surface area contributed by atoms with Crippen LogP contribution in [0.2, 0.25) is 0 Å². The number of hydrogen-bond acceptors (Lipinski definition) is 2. The predicted molar refractivity (Wildman–Crippen MR) is 65.7 cm³/mol. The van der Waals surface area contributed by atoms with Crippen molar-refractivity contribution < 1.29 is 14.7 Å². The summed E-state index contributed by atoms with van der Waals surface area (Å²) in [5, 5.41) is 9.33. The molecule has 0 fully saturated rings. The fourth-order valence-corrected chi connectivity index (χ4v) is 2.23. The summed E-state index contributed by atoms with van der Waals surface area (Å²) in [7, 11) is 0. The van der Waals surface area contributed by atoms with Crippen LogP contribution < -0.4 is 0 Å². The van der Waals surface area contributed by atoms with Crippen molar-refractivity contribution in [3.8, 4) is 11.8 Å². The number of carboxylic acids is 1. The second-order valence-corrected chi connectivity index (χ2v) is 4.06. The van der Waals surface area contributed by atoms with Crippen LogP contribution in [0.25, 0.3) is 0 Å². The molecular weight excluding hydrogens is 230 g/mol. The molecule has 18 heavy (non-hydrogen) atoms. The number of carbonyl (C=O) groups excluding carboxylic acids is 1. The molecule has 2 rings (SSSR count). The Balaban J connectivity index is 2.44. The minimum Gasteiger partial charge on any atom is -0.479 e. The molecular formula is C14H13NO3. The molecule has 1 amide bonds. The third-order valence-electron chi connectivity index (χ3n) is 3.01. The van der Waals surface area contributed by atoms with Crippen LogP contribution in [-0.4, -0.2) is 28.4 Å². The Bertz CT molecular complexity index is 554. The molecule has 0 saturated carbocycles. The second-order valence-electron chi connectivity index (χ2n) is 4.06. The lowest BCUT2D eigenvalue weighted by Gasteiger charge is -2.33. The molecule has 1 aliphatic heterocycles. The minimum absolute atomic E-state index is 0.390. The van der Waals surface area contributed by atoms with E-state index in [1.807, 2.05) is 12.1 Å². The average Bonchev–Trinajstić information content (AvgIpc) is 2.37. The van der Waals surface area contributed by atoms with E-state index in [1.54, 1.807) is 19.1 Å². The van der Waals surface area contributed by atoms with E-state index >= 15 is 0 Å². The highest BCUT2D eigenvalue weighted by Gasteiger charge is 2.35. The summed E-state index contributed by atoms with van der Waals surface area (Å²) in [5.74, 6) is 3.47. The molecule has 0 aromatic heterocycles. The van der Waals surface area contributed by atoms with Crippen LogP contribution in [0.5, 0.6) is 0 Å². The molecule has 1 atom stereocenters. The first kappa shape index (κ1) is 12.2. The molecule has 1 unspecified atom stereocenters. The highest BCUT2D eigenvalue weighted by Crippen LogP contribution is 2.29. The van der Waals surface area contributed by atoms with Gasteiger partial charge in [-0.05, 0) is 30.4 Å². The Morgan fingerprint density at radius 2 is 2.11 bits per heavy atom. The fraction of sp³-hybridized carbons (Fsp3) is 0.286. The maximum absolute atomic E-state index is 11.8. The van der Waals surface area contributed by atoms with Gasteiger partial charge in [-0.2, -0.15) is 0 Å².